The normalized spacial score (nSPS) is 21.7. The van der Waals surface area contributed by atoms with Crippen LogP contribution in [0.2, 0.25) is 0 Å². The van der Waals surface area contributed by atoms with E-state index in [2.05, 4.69) is 36.4 Å². The number of aromatic nitrogens is 1. The van der Waals surface area contributed by atoms with E-state index in [0.29, 0.717) is 17.4 Å². The van der Waals surface area contributed by atoms with Crippen molar-refractivity contribution in [3.05, 3.63) is 30.1 Å². The van der Waals surface area contributed by atoms with E-state index in [0.717, 1.165) is 6.42 Å². The van der Waals surface area contributed by atoms with E-state index in [1.807, 2.05) is 12.4 Å². The van der Waals surface area contributed by atoms with Gasteiger partial charge in [0, 0.05) is 18.4 Å². The summed E-state index contributed by atoms with van der Waals surface area (Å²) in [6, 6.07) is 4.55. The zero-order valence-electron chi connectivity index (χ0n) is 11.5. The van der Waals surface area contributed by atoms with E-state index >= 15 is 0 Å². The lowest BCUT2D eigenvalue weighted by Gasteiger charge is -2.37. The Morgan fingerprint density at radius 1 is 1.33 bits per heavy atom. The van der Waals surface area contributed by atoms with Crippen molar-refractivity contribution in [1.29, 1.82) is 0 Å². The molecule has 1 heterocycles. The predicted molar refractivity (Wildman–Crippen MR) is 74.8 cm³/mol. The quantitative estimate of drug-likeness (QED) is 0.635. The highest BCUT2D eigenvalue weighted by molar-refractivity contribution is 5.11. The first kappa shape index (κ1) is 13.5. The van der Waals surface area contributed by atoms with Gasteiger partial charge in [-0.25, -0.2) is 0 Å². The van der Waals surface area contributed by atoms with Crippen LogP contribution in [0.25, 0.3) is 0 Å². The first-order valence-electron chi connectivity index (χ1n) is 6.96. The van der Waals surface area contributed by atoms with Gasteiger partial charge in [0.1, 0.15) is 0 Å². The molecule has 3 nitrogen and oxygen atoms in total. The van der Waals surface area contributed by atoms with Crippen LogP contribution in [0.5, 0.6) is 0 Å². The molecule has 1 atom stereocenters. The summed E-state index contributed by atoms with van der Waals surface area (Å²) in [5.74, 6) is 6.46. The first-order valence-corrected chi connectivity index (χ1v) is 6.96. The van der Waals surface area contributed by atoms with Crippen molar-refractivity contribution >= 4 is 0 Å². The molecule has 0 spiro atoms. The minimum atomic E-state index is 0.392. The van der Waals surface area contributed by atoms with Gasteiger partial charge in [-0.3, -0.25) is 16.3 Å². The minimum absolute atomic E-state index is 0.392. The maximum absolute atomic E-state index is 5.75. The molecule has 0 radical (unpaired) electrons. The number of hydrazine groups is 1. The van der Waals surface area contributed by atoms with Crippen LogP contribution in [0.1, 0.15) is 45.1 Å². The molecule has 2 rings (SSSR count). The maximum Gasteiger partial charge on any atom is 0.0279 e. The van der Waals surface area contributed by atoms with E-state index in [1.165, 1.54) is 31.2 Å². The zero-order valence-corrected chi connectivity index (χ0v) is 11.5. The number of nitrogens with two attached hydrogens (primary N) is 1. The van der Waals surface area contributed by atoms with Gasteiger partial charge in [-0.2, -0.15) is 0 Å². The molecule has 100 valence electrons. The van der Waals surface area contributed by atoms with Gasteiger partial charge in [0.05, 0.1) is 0 Å². The van der Waals surface area contributed by atoms with Crippen molar-refractivity contribution in [3.63, 3.8) is 0 Å². The van der Waals surface area contributed by atoms with Gasteiger partial charge in [0.2, 0.25) is 0 Å². The van der Waals surface area contributed by atoms with Crippen molar-refractivity contribution < 1.29 is 0 Å². The second kappa shape index (κ2) is 5.81. The Balaban J connectivity index is 1.94. The molecule has 1 aliphatic rings. The lowest BCUT2D eigenvalue weighted by Crippen LogP contribution is -2.44. The van der Waals surface area contributed by atoms with Crippen LogP contribution in [0.15, 0.2) is 24.5 Å². The van der Waals surface area contributed by atoms with E-state index < -0.39 is 0 Å². The molecule has 3 N–H and O–H groups in total. The molecule has 1 aromatic rings. The first-order chi connectivity index (χ1) is 8.61. The van der Waals surface area contributed by atoms with Gasteiger partial charge in [0.15, 0.2) is 0 Å². The molecule has 1 fully saturated rings. The Kier molecular flexibility index (Phi) is 4.36. The predicted octanol–water partition coefficient (Wildman–Crippen LogP) is 2.67. The molecule has 1 unspecified atom stereocenters. The number of hydrogen-bond donors (Lipinski definition) is 2. The van der Waals surface area contributed by atoms with Crippen LogP contribution in [0.3, 0.4) is 0 Å². The minimum Gasteiger partial charge on any atom is -0.271 e. The van der Waals surface area contributed by atoms with E-state index in [1.54, 1.807) is 0 Å². The van der Waals surface area contributed by atoms with E-state index in [9.17, 15) is 0 Å². The molecule has 3 heteroatoms. The average Bonchev–Trinajstić information content (AvgIpc) is 2.38. The number of hydrogen-bond acceptors (Lipinski definition) is 3. The molecule has 0 aliphatic heterocycles. The fraction of sp³-hybridized carbons (Fsp3) is 0.667. The van der Waals surface area contributed by atoms with Gasteiger partial charge >= 0.3 is 0 Å². The number of nitrogens with zero attached hydrogens (tertiary/aromatic N) is 1. The fourth-order valence-corrected chi connectivity index (χ4v) is 2.96. The molecule has 1 saturated carbocycles. The second-order valence-corrected chi connectivity index (χ2v) is 6.33. The van der Waals surface area contributed by atoms with Gasteiger partial charge in [-0.1, -0.05) is 13.8 Å². The van der Waals surface area contributed by atoms with Crippen molar-refractivity contribution in [2.45, 2.75) is 52.0 Å². The van der Waals surface area contributed by atoms with Crippen LogP contribution >= 0.6 is 0 Å². The molecule has 0 saturated heterocycles. The monoisotopic (exact) mass is 247 g/mol. The number of nitrogens with one attached hydrogen (secondary N) is 1. The summed E-state index contributed by atoms with van der Waals surface area (Å²) in [5, 5.41) is 0. The molecule has 18 heavy (non-hydrogen) atoms. The topological polar surface area (TPSA) is 50.9 Å². The number of rotatable bonds is 4. The summed E-state index contributed by atoms with van der Waals surface area (Å²) >= 11 is 0. The SMILES string of the molecule is CC1(C)CCC(C(Cc2ccncc2)NN)CC1. The summed E-state index contributed by atoms with van der Waals surface area (Å²) < 4.78 is 0. The third-order valence-corrected chi connectivity index (χ3v) is 4.37. The summed E-state index contributed by atoms with van der Waals surface area (Å²) in [5.41, 5.74) is 4.86. The molecular formula is C15H25N3. The Hall–Kier alpha value is -0.930. The average molecular weight is 247 g/mol. The fourth-order valence-electron chi connectivity index (χ4n) is 2.96. The van der Waals surface area contributed by atoms with Gasteiger partial charge in [0.25, 0.3) is 0 Å². The lowest BCUT2D eigenvalue weighted by molar-refractivity contribution is 0.161. The summed E-state index contributed by atoms with van der Waals surface area (Å²) in [6.45, 7) is 4.74. The van der Waals surface area contributed by atoms with Gasteiger partial charge in [-0.05, 0) is 61.1 Å². The Morgan fingerprint density at radius 3 is 2.50 bits per heavy atom. The summed E-state index contributed by atoms with van der Waals surface area (Å²) in [4.78, 5) is 4.06. The van der Waals surface area contributed by atoms with Crippen LogP contribution in [0.4, 0.5) is 0 Å². The molecule has 1 aliphatic carbocycles. The summed E-state index contributed by atoms with van der Waals surface area (Å²) in [7, 11) is 0. The third-order valence-electron chi connectivity index (χ3n) is 4.37. The van der Waals surface area contributed by atoms with Crippen LogP contribution < -0.4 is 11.3 Å². The van der Waals surface area contributed by atoms with Gasteiger partial charge in [-0.15, -0.1) is 0 Å². The van der Waals surface area contributed by atoms with Crippen molar-refractivity contribution in [2.75, 3.05) is 0 Å². The Morgan fingerprint density at radius 2 is 1.94 bits per heavy atom. The second-order valence-electron chi connectivity index (χ2n) is 6.33. The molecule has 1 aromatic heterocycles. The Labute approximate surface area is 110 Å². The molecule has 0 bridgehead atoms. The van der Waals surface area contributed by atoms with Crippen LogP contribution in [0, 0.1) is 11.3 Å². The Bertz CT molecular complexity index is 351. The standard InChI is InChI=1S/C15H25N3/c1-15(2)7-3-13(4-8-15)14(18-16)11-12-5-9-17-10-6-12/h5-6,9-10,13-14,18H,3-4,7-8,11,16H2,1-2H3. The van der Waals surface area contributed by atoms with Gasteiger partial charge < -0.3 is 0 Å². The maximum atomic E-state index is 5.75. The molecule has 0 aromatic carbocycles. The van der Waals surface area contributed by atoms with Crippen molar-refractivity contribution in [3.8, 4) is 0 Å². The molecule has 0 amide bonds. The largest absolute Gasteiger partial charge is 0.271 e. The van der Waals surface area contributed by atoms with Crippen molar-refractivity contribution in [1.82, 2.24) is 10.4 Å². The van der Waals surface area contributed by atoms with E-state index in [-0.39, 0.29) is 0 Å². The lowest BCUT2D eigenvalue weighted by atomic mass is 9.70. The van der Waals surface area contributed by atoms with Crippen LogP contribution in [-0.2, 0) is 6.42 Å². The highest BCUT2D eigenvalue weighted by atomic mass is 15.2. The third kappa shape index (κ3) is 3.53. The molecular weight excluding hydrogens is 222 g/mol. The van der Waals surface area contributed by atoms with Crippen LogP contribution in [-0.4, -0.2) is 11.0 Å². The zero-order chi connectivity index (χ0) is 13.0. The summed E-state index contributed by atoms with van der Waals surface area (Å²) in [6.07, 6.45) is 9.90. The van der Waals surface area contributed by atoms with Crippen molar-refractivity contribution in [2.24, 2.45) is 17.2 Å². The highest BCUT2D eigenvalue weighted by Gasteiger charge is 2.30. The number of pyridine rings is 1. The highest BCUT2D eigenvalue weighted by Crippen LogP contribution is 2.39. The van der Waals surface area contributed by atoms with E-state index in [4.69, 9.17) is 5.84 Å². The smallest absolute Gasteiger partial charge is 0.0279 e.